The van der Waals surface area contributed by atoms with E-state index in [-0.39, 0.29) is 30.0 Å². The molecule has 0 aliphatic carbocycles. The molecule has 0 N–H and O–H groups in total. The highest BCUT2D eigenvalue weighted by atomic mass is 19.4. The predicted molar refractivity (Wildman–Crippen MR) is 183 cm³/mol. The van der Waals surface area contributed by atoms with Crippen LogP contribution < -0.4 is 9.80 Å². The molecule has 53 heavy (non-hydrogen) atoms. The standard InChI is InChI=1S/C39H37F9N4O/c1-49(34-13-6-5-10-28(34)18-27-19-30(38(43,44)45)21-31(20-27)39(46,47)48)33-23-35(52(25-33)24-26-8-3-2-4-9-26)36(53)51-16-14-50(15-17-51)32-12-7-11-29(22-32)37(40,41)42/h2-13,19-22,33,35H,14-18,23-25H2,1H3/t33-,35-/m0/s1. The topological polar surface area (TPSA) is 30.0 Å². The van der Waals surface area contributed by atoms with Crippen LogP contribution in [0.3, 0.4) is 0 Å². The molecule has 4 aromatic carbocycles. The van der Waals surface area contributed by atoms with E-state index in [0.29, 0.717) is 62.6 Å². The third kappa shape index (κ3) is 8.91. The second kappa shape index (κ2) is 15.0. The van der Waals surface area contributed by atoms with Crippen LogP contribution in [-0.4, -0.2) is 67.6 Å². The van der Waals surface area contributed by atoms with E-state index in [1.165, 1.54) is 6.07 Å². The maximum Gasteiger partial charge on any atom is 0.416 e. The Morgan fingerprint density at radius 2 is 1.28 bits per heavy atom. The molecule has 2 fully saturated rings. The molecule has 0 unspecified atom stereocenters. The maximum absolute atomic E-state index is 14.2. The van der Waals surface area contributed by atoms with Crippen molar-refractivity contribution in [1.82, 2.24) is 9.80 Å². The van der Waals surface area contributed by atoms with Crippen LogP contribution in [0, 0.1) is 0 Å². The normalized spacial score (nSPS) is 18.8. The Morgan fingerprint density at radius 1 is 0.679 bits per heavy atom. The lowest BCUT2D eigenvalue weighted by atomic mass is 9.97. The van der Waals surface area contributed by atoms with Gasteiger partial charge in [-0.25, -0.2) is 0 Å². The molecule has 2 aliphatic rings. The van der Waals surface area contributed by atoms with Gasteiger partial charge in [0.1, 0.15) is 0 Å². The van der Waals surface area contributed by atoms with E-state index < -0.39 is 41.3 Å². The minimum absolute atomic E-state index is 0.113. The van der Waals surface area contributed by atoms with Crippen molar-refractivity contribution in [2.24, 2.45) is 0 Å². The van der Waals surface area contributed by atoms with Gasteiger partial charge in [-0.2, -0.15) is 39.5 Å². The van der Waals surface area contributed by atoms with Gasteiger partial charge in [0.25, 0.3) is 0 Å². The summed E-state index contributed by atoms with van der Waals surface area (Å²) >= 11 is 0. The smallest absolute Gasteiger partial charge is 0.370 e. The highest BCUT2D eigenvalue weighted by Crippen LogP contribution is 2.38. The summed E-state index contributed by atoms with van der Waals surface area (Å²) in [5, 5.41) is 0. The minimum Gasteiger partial charge on any atom is -0.370 e. The summed E-state index contributed by atoms with van der Waals surface area (Å²) in [6.07, 6.45) is -14.2. The second-order valence-corrected chi connectivity index (χ2v) is 13.5. The summed E-state index contributed by atoms with van der Waals surface area (Å²) in [6.45, 7) is 2.22. The van der Waals surface area contributed by atoms with E-state index >= 15 is 0 Å². The fourth-order valence-corrected chi connectivity index (χ4v) is 7.23. The summed E-state index contributed by atoms with van der Waals surface area (Å²) in [5.74, 6) is -0.113. The Hall–Kier alpha value is -4.72. The average Bonchev–Trinajstić information content (AvgIpc) is 3.54. The fraction of sp³-hybridized carbons (Fsp3) is 0.359. The van der Waals surface area contributed by atoms with E-state index in [1.807, 2.05) is 40.1 Å². The molecule has 2 saturated heterocycles. The Morgan fingerprint density at radius 3 is 1.91 bits per heavy atom. The predicted octanol–water partition coefficient (Wildman–Crippen LogP) is 8.76. The number of amides is 1. The number of carbonyl (C=O) groups excluding carboxylic acids is 1. The number of hydrogen-bond donors (Lipinski definition) is 0. The van der Waals surface area contributed by atoms with Gasteiger partial charge in [0.2, 0.25) is 5.91 Å². The van der Waals surface area contributed by atoms with Gasteiger partial charge in [-0.05, 0) is 72.0 Å². The minimum atomic E-state index is -4.97. The number of hydrogen-bond acceptors (Lipinski definition) is 4. The summed E-state index contributed by atoms with van der Waals surface area (Å²) < 4.78 is 122. The number of piperazine rings is 1. The third-order valence-electron chi connectivity index (χ3n) is 9.99. The molecule has 0 bridgehead atoms. The summed E-state index contributed by atoms with van der Waals surface area (Å²) in [7, 11) is 1.80. The van der Waals surface area contributed by atoms with E-state index in [9.17, 15) is 44.3 Å². The third-order valence-corrected chi connectivity index (χ3v) is 9.99. The van der Waals surface area contributed by atoms with Crippen LogP contribution in [0.4, 0.5) is 50.9 Å². The van der Waals surface area contributed by atoms with Gasteiger partial charge in [0, 0.05) is 63.7 Å². The monoisotopic (exact) mass is 748 g/mol. The van der Waals surface area contributed by atoms with Gasteiger partial charge in [0.15, 0.2) is 0 Å². The van der Waals surface area contributed by atoms with E-state index in [1.54, 1.807) is 42.3 Å². The molecule has 0 spiro atoms. The average molecular weight is 749 g/mol. The van der Waals surface area contributed by atoms with E-state index in [0.717, 1.165) is 29.8 Å². The highest BCUT2D eigenvalue weighted by molar-refractivity contribution is 5.83. The number of carbonyl (C=O) groups is 1. The van der Waals surface area contributed by atoms with Gasteiger partial charge >= 0.3 is 18.5 Å². The lowest BCUT2D eigenvalue weighted by Crippen LogP contribution is -2.53. The van der Waals surface area contributed by atoms with Crippen molar-refractivity contribution < 1.29 is 44.3 Å². The number of likely N-dealkylation sites (tertiary alicyclic amines) is 1. The van der Waals surface area contributed by atoms with Crippen LogP contribution in [0.1, 0.15) is 39.8 Å². The molecule has 4 aromatic rings. The molecule has 6 rings (SSSR count). The van der Waals surface area contributed by atoms with Crippen LogP contribution in [0.15, 0.2) is 97.1 Å². The first-order valence-electron chi connectivity index (χ1n) is 17.1. The quantitative estimate of drug-likeness (QED) is 0.169. The molecular weight excluding hydrogens is 711 g/mol. The Labute approximate surface area is 301 Å². The largest absolute Gasteiger partial charge is 0.416 e. The van der Waals surface area contributed by atoms with E-state index in [2.05, 4.69) is 4.90 Å². The molecule has 0 aromatic heterocycles. The summed E-state index contributed by atoms with van der Waals surface area (Å²) in [4.78, 5) is 21.7. The molecule has 0 radical (unpaired) electrons. The number of para-hydroxylation sites is 1. The first-order valence-corrected chi connectivity index (χ1v) is 17.1. The summed E-state index contributed by atoms with van der Waals surface area (Å²) in [6, 6.07) is 22.3. The van der Waals surface area contributed by atoms with Gasteiger partial charge in [-0.15, -0.1) is 0 Å². The first kappa shape index (κ1) is 38.0. The molecule has 282 valence electrons. The molecule has 2 atom stereocenters. The first-order chi connectivity index (χ1) is 25.0. The lowest BCUT2D eigenvalue weighted by molar-refractivity contribution is -0.143. The molecule has 14 heteroatoms. The van der Waals surface area contributed by atoms with Crippen molar-refractivity contribution in [3.8, 4) is 0 Å². The number of likely N-dealkylation sites (N-methyl/N-ethyl adjacent to an activating group) is 1. The van der Waals surface area contributed by atoms with Gasteiger partial charge in [0.05, 0.1) is 22.7 Å². The second-order valence-electron chi connectivity index (χ2n) is 13.5. The SMILES string of the molecule is CN(c1ccccc1Cc1cc(C(F)(F)F)cc(C(F)(F)F)c1)[C@H]1C[C@@H](C(=O)N2CCN(c3cccc(C(F)(F)F)c3)CC2)N(Cc2ccccc2)C1. The Bertz CT molecular complexity index is 1850. The number of nitrogens with zero attached hydrogens (tertiary/aromatic N) is 4. The van der Waals surface area contributed by atoms with Crippen molar-refractivity contribution in [3.63, 3.8) is 0 Å². The highest BCUT2D eigenvalue weighted by Gasteiger charge is 2.42. The van der Waals surface area contributed by atoms with Crippen molar-refractivity contribution in [2.45, 2.75) is 50.0 Å². The van der Waals surface area contributed by atoms with Crippen molar-refractivity contribution in [1.29, 1.82) is 0 Å². The number of rotatable bonds is 8. The number of anilines is 2. The van der Waals surface area contributed by atoms with Crippen molar-refractivity contribution >= 4 is 17.3 Å². The number of alkyl halides is 9. The lowest BCUT2D eigenvalue weighted by Gasteiger charge is -2.38. The molecular formula is C39H37F9N4O. The van der Waals surface area contributed by atoms with Crippen LogP contribution in [0.25, 0.3) is 0 Å². The number of benzene rings is 4. The van der Waals surface area contributed by atoms with Crippen molar-refractivity contribution in [2.75, 3.05) is 49.6 Å². The molecule has 5 nitrogen and oxygen atoms in total. The molecule has 2 heterocycles. The zero-order valence-electron chi connectivity index (χ0n) is 28.6. The zero-order valence-corrected chi connectivity index (χ0v) is 28.6. The fourth-order valence-electron chi connectivity index (χ4n) is 7.23. The van der Waals surface area contributed by atoms with Gasteiger partial charge in [-0.3, -0.25) is 9.69 Å². The van der Waals surface area contributed by atoms with Gasteiger partial charge in [-0.1, -0.05) is 54.6 Å². The molecule has 1 amide bonds. The number of halogens is 9. The van der Waals surface area contributed by atoms with E-state index in [4.69, 9.17) is 0 Å². The zero-order chi connectivity index (χ0) is 38.1. The van der Waals surface area contributed by atoms with Gasteiger partial charge < -0.3 is 14.7 Å². The Balaban J connectivity index is 1.21. The van der Waals surface area contributed by atoms with Crippen LogP contribution >= 0.6 is 0 Å². The molecule has 2 aliphatic heterocycles. The summed E-state index contributed by atoms with van der Waals surface area (Å²) in [5.41, 5.74) is -1.08. The van der Waals surface area contributed by atoms with Crippen molar-refractivity contribution in [3.05, 3.63) is 130 Å². The maximum atomic E-state index is 14.2. The Kier molecular flexibility index (Phi) is 10.7. The van der Waals surface area contributed by atoms with Crippen LogP contribution in [-0.2, 0) is 36.3 Å². The van der Waals surface area contributed by atoms with Crippen LogP contribution in [0.5, 0.6) is 0 Å². The van der Waals surface area contributed by atoms with Crippen LogP contribution in [0.2, 0.25) is 0 Å². The molecule has 0 saturated carbocycles.